The highest BCUT2D eigenvalue weighted by Crippen LogP contribution is 2.32. The van der Waals surface area contributed by atoms with Crippen LogP contribution in [0.3, 0.4) is 0 Å². The van der Waals surface area contributed by atoms with Crippen LogP contribution in [0, 0.1) is 12.8 Å². The normalized spacial score (nSPS) is 27.3. The van der Waals surface area contributed by atoms with Gasteiger partial charge in [-0.05, 0) is 82.1 Å². The molecule has 1 aromatic heterocycles. The molecule has 0 aliphatic carbocycles. The van der Waals surface area contributed by atoms with Crippen molar-refractivity contribution < 1.29 is 4.79 Å². The van der Waals surface area contributed by atoms with Crippen LogP contribution in [0.1, 0.15) is 35.8 Å². The van der Waals surface area contributed by atoms with Gasteiger partial charge in [0.2, 0.25) is 0 Å². The Labute approximate surface area is 159 Å². The number of fused-ring (bicyclic) bond motifs is 3. The van der Waals surface area contributed by atoms with E-state index in [1.807, 2.05) is 49.4 Å². The van der Waals surface area contributed by atoms with Crippen molar-refractivity contribution in [3.63, 3.8) is 0 Å². The Balaban J connectivity index is 1.41. The summed E-state index contributed by atoms with van der Waals surface area (Å²) < 4.78 is 0. The molecule has 1 N–H and O–H groups in total. The molecule has 2 unspecified atom stereocenters. The highest BCUT2D eigenvalue weighted by molar-refractivity contribution is 7.99. The highest BCUT2D eigenvalue weighted by Gasteiger charge is 2.40. The molecule has 3 aliphatic heterocycles. The molecular formula is C21H25N3OS. The average Bonchev–Trinajstić information content (AvgIpc) is 2.65. The van der Waals surface area contributed by atoms with Gasteiger partial charge < -0.3 is 5.32 Å². The molecule has 26 heavy (non-hydrogen) atoms. The monoisotopic (exact) mass is 367 g/mol. The summed E-state index contributed by atoms with van der Waals surface area (Å²) in [6.45, 7) is 6.59. The zero-order valence-electron chi connectivity index (χ0n) is 15.3. The number of carbonyl (C=O) groups is 1. The van der Waals surface area contributed by atoms with Crippen LogP contribution in [-0.2, 0) is 0 Å². The number of carbonyl (C=O) groups excluding carboxylic acids is 1. The number of nitrogens with one attached hydrogen (secondary N) is 1. The number of nitrogens with zero attached hydrogens (tertiary/aromatic N) is 2. The molecular weight excluding hydrogens is 342 g/mol. The van der Waals surface area contributed by atoms with Crippen molar-refractivity contribution in [1.82, 2.24) is 15.2 Å². The van der Waals surface area contributed by atoms with E-state index >= 15 is 0 Å². The fourth-order valence-corrected chi connectivity index (χ4v) is 5.00. The lowest BCUT2D eigenvalue weighted by atomic mass is 9.79. The van der Waals surface area contributed by atoms with Gasteiger partial charge in [-0.2, -0.15) is 0 Å². The predicted molar refractivity (Wildman–Crippen MR) is 105 cm³/mol. The maximum Gasteiger partial charge on any atom is 0.251 e. The summed E-state index contributed by atoms with van der Waals surface area (Å²) in [6, 6.07) is 14.6. The van der Waals surface area contributed by atoms with E-state index in [4.69, 9.17) is 0 Å². The second kappa shape index (κ2) is 7.41. The smallest absolute Gasteiger partial charge is 0.251 e. The molecule has 3 aliphatic rings. The summed E-state index contributed by atoms with van der Waals surface area (Å²) >= 11 is 1.62. The molecule has 2 bridgehead atoms. The summed E-state index contributed by atoms with van der Waals surface area (Å²) in [6.07, 6.45) is 2.41. The lowest BCUT2D eigenvalue weighted by molar-refractivity contribution is 0.0217. The Bertz CT molecular complexity index is 782. The lowest BCUT2D eigenvalue weighted by Gasteiger charge is -2.49. The van der Waals surface area contributed by atoms with Gasteiger partial charge in [-0.1, -0.05) is 17.8 Å². The van der Waals surface area contributed by atoms with E-state index in [2.05, 4.69) is 22.1 Å². The minimum absolute atomic E-state index is 0.0424. The summed E-state index contributed by atoms with van der Waals surface area (Å²) in [4.78, 5) is 20.8. The SMILES string of the molecule is Cc1cccc(Sc2ccc(C(=O)NC3C4CCN(CC4)C3C)cc2)n1. The third-order valence-corrected chi connectivity index (χ3v) is 6.62. The van der Waals surface area contributed by atoms with E-state index in [1.165, 1.54) is 25.9 Å². The van der Waals surface area contributed by atoms with Crippen LogP contribution in [0.25, 0.3) is 0 Å². The molecule has 5 rings (SSSR count). The minimum Gasteiger partial charge on any atom is -0.347 e. The Morgan fingerprint density at radius 1 is 1.15 bits per heavy atom. The summed E-state index contributed by atoms with van der Waals surface area (Å²) in [5, 5.41) is 4.27. The molecule has 0 saturated carbocycles. The van der Waals surface area contributed by atoms with Gasteiger partial charge in [-0.25, -0.2) is 4.98 Å². The second-order valence-corrected chi connectivity index (χ2v) is 8.45. The van der Waals surface area contributed by atoms with E-state index in [9.17, 15) is 4.79 Å². The third-order valence-electron chi connectivity index (χ3n) is 5.68. The number of aromatic nitrogens is 1. The van der Waals surface area contributed by atoms with E-state index < -0.39 is 0 Å². The first-order valence-electron chi connectivity index (χ1n) is 9.36. The second-order valence-electron chi connectivity index (χ2n) is 7.36. The highest BCUT2D eigenvalue weighted by atomic mass is 32.2. The first-order chi connectivity index (χ1) is 12.6. The van der Waals surface area contributed by atoms with Gasteiger partial charge in [0.25, 0.3) is 5.91 Å². The van der Waals surface area contributed by atoms with Crippen LogP contribution in [0.4, 0.5) is 0 Å². The number of aryl methyl sites for hydroxylation is 1. The summed E-state index contributed by atoms with van der Waals surface area (Å²) in [7, 11) is 0. The number of benzene rings is 1. The Kier molecular flexibility index (Phi) is 5.00. The van der Waals surface area contributed by atoms with Crippen LogP contribution in [0.5, 0.6) is 0 Å². The van der Waals surface area contributed by atoms with Crippen molar-refractivity contribution >= 4 is 17.7 Å². The molecule has 3 saturated heterocycles. The Morgan fingerprint density at radius 3 is 2.54 bits per heavy atom. The maximum atomic E-state index is 12.7. The zero-order valence-corrected chi connectivity index (χ0v) is 16.1. The van der Waals surface area contributed by atoms with Crippen molar-refractivity contribution in [2.75, 3.05) is 13.1 Å². The number of rotatable bonds is 4. The number of pyridine rings is 1. The largest absolute Gasteiger partial charge is 0.347 e. The molecule has 1 aromatic carbocycles. The molecule has 1 amide bonds. The molecule has 5 heteroatoms. The van der Waals surface area contributed by atoms with Gasteiger partial charge in [0.15, 0.2) is 0 Å². The number of hydrogen-bond donors (Lipinski definition) is 1. The van der Waals surface area contributed by atoms with Gasteiger partial charge in [0.1, 0.15) is 5.03 Å². The molecule has 3 fully saturated rings. The van der Waals surface area contributed by atoms with Gasteiger partial charge >= 0.3 is 0 Å². The van der Waals surface area contributed by atoms with Gasteiger partial charge in [-0.3, -0.25) is 9.69 Å². The van der Waals surface area contributed by atoms with E-state index in [-0.39, 0.29) is 11.9 Å². The Hall–Kier alpha value is -1.85. The van der Waals surface area contributed by atoms with E-state index in [1.54, 1.807) is 11.8 Å². The summed E-state index contributed by atoms with van der Waals surface area (Å²) in [5.74, 6) is 0.669. The fraction of sp³-hybridized carbons (Fsp3) is 0.429. The van der Waals surface area contributed by atoms with E-state index in [0.717, 1.165) is 21.2 Å². The van der Waals surface area contributed by atoms with E-state index in [0.29, 0.717) is 12.0 Å². The predicted octanol–water partition coefficient (Wildman–Crippen LogP) is 3.75. The first-order valence-corrected chi connectivity index (χ1v) is 10.2. The molecule has 136 valence electrons. The fourth-order valence-electron chi connectivity index (χ4n) is 4.15. The number of piperidine rings is 3. The average molecular weight is 368 g/mol. The Morgan fingerprint density at radius 2 is 1.88 bits per heavy atom. The van der Waals surface area contributed by atoms with Gasteiger partial charge in [0, 0.05) is 28.2 Å². The molecule has 0 radical (unpaired) electrons. The molecule has 4 nitrogen and oxygen atoms in total. The van der Waals surface area contributed by atoms with Crippen LogP contribution < -0.4 is 5.32 Å². The molecule has 0 spiro atoms. The molecule has 4 heterocycles. The van der Waals surface area contributed by atoms with Crippen molar-refractivity contribution in [2.45, 2.75) is 48.7 Å². The third kappa shape index (κ3) is 3.64. The molecule has 2 atom stereocenters. The van der Waals surface area contributed by atoms with Crippen molar-refractivity contribution in [3.8, 4) is 0 Å². The zero-order chi connectivity index (χ0) is 18.1. The van der Waals surface area contributed by atoms with Gasteiger partial charge in [0.05, 0.1) is 0 Å². The number of amides is 1. The van der Waals surface area contributed by atoms with Gasteiger partial charge in [-0.15, -0.1) is 0 Å². The van der Waals surface area contributed by atoms with Crippen molar-refractivity contribution in [1.29, 1.82) is 0 Å². The van der Waals surface area contributed by atoms with Crippen LogP contribution in [-0.4, -0.2) is 41.0 Å². The summed E-state index contributed by atoms with van der Waals surface area (Å²) in [5.41, 5.74) is 1.74. The number of hydrogen-bond acceptors (Lipinski definition) is 4. The van der Waals surface area contributed by atoms with Crippen LogP contribution in [0.2, 0.25) is 0 Å². The quantitative estimate of drug-likeness (QED) is 0.894. The van der Waals surface area contributed by atoms with Crippen molar-refractivity contribution in [3.05, 3.63) is 53.7 Å². The molecule has 2 aromatic rings. The van der Waals surface area contributed by atoms with Crippen LogP contribution >= 0.6 is 11.8 Å². The maximum absolute atomic E-state index is 12.7. The minimum atomic E-state index is 0.0424. The van der Waals surface area contributed by atoms with Crippen molar-refractivity contribution in [2.24, 2.45) is 5.92 Å². The topological polar surface area (TPSA) is 45.2 Å². The standard InChI is InChI=1S/C21H25N3OS/c1-14-4-3-5-19(22-14)26-18-8-6-17(7-9-18)21(25)23-20-15(2)24-12-10-16(20)11-13-24/h3-9,15-16,20H,10-13H2,1-2H3,(H,23,25). The van der Waals surface area contributed by atoms with Crippen LogP contribution in [0.15, 0.2) is 52.4 Å². The lowest BCUT2D eigenvalue weighted by Crippen LogP contribution is -2.62. The first kappa shape index (κ1) is 17.6.